The Morgan fingerprint density at radius 3 is 2.85 bits per heavy atom. The van der Waals surface area contributed by atoms with Crippen LogP contribution in [-0.4, -0.2) is 5.91 Å². The zero-order chi connectivity index (χ0) is 9.42. The van der Waals surface area contributed by atoms with E-state index < -0.39 is 11.7 Å². The third-order valence-electron chi connectivity index (χ3n) is 1.75. The van der Waals surface area contributed by atoms with Crippen LogP contribution in [0.5, 0.6) is 0 Å². The zero-order valence-electron chi connectivity index (χ0n) is 6.58. The molecule has 1 amide bonds. The smallest absolute Gasteiger partial charge is 0.284 e. The van der Waals surface area contributed by atoms with Gasteiger partial charge in [-0.2, -0.15) is 0 Å². The summed E-state index contributed by atoms with van der Waals surface area (Å²) in [7, 11) is 0. The molecule has 0 fully saturated rings. The fourth-order valence-corrected chi connectivity index (χ4v) is 1.15. The molecule has 1 aromatic carbocycles. The van der Waals surface area contributed by atoms with Gasteiger partial charge in [0.1, 0.15) is 11.4 Å². The van der Waals surface area contributed by atoms with E-state index in [4.69, 9.17) is 10.2 Å². The molecule has 3 nitrogen and oxygen atoms in total. The standard InChI is InChI=1S/C9H6FNO2/c10-6-2-1-3-7-5(6)4-8(13-7)9(11)12/h1-4H,(H2,11,12). The summed E-state index contributed by atoms with van der Waals surface area (Å²) < 4.78 is 18.0. The van der Waals surface area contributed by atoms with Gasteiger partial charge in [0.05, 0.1) is 5.39 Å². The number of benzene rings is 1. The molecule has 13 heavy (non-hydrogen) atoms. The highest BCUT2D eigenvalue weighted by atomic mass is 19.1. The fraction of sp³-hybridized carbons (Fsp3) is 0. The number of hydrogen-bond acceptors (Lipinski definition) is 2. The monoisotopic (exact) mass is 179 g/mol. The number of carbonyl (C=O) groups excluding carboxylic acids is 1. The van der Waals surface area contributed by atoms with Crippen molar-refractivity contribution in [3.8, 4) is 0 Å². The van der Waals surface area contributed by atoms with Crippen LogP contribution < -0.4 is 5.73 Å². The van der Waals surface area contributed by atoms with E-state index in [1.165, 1.54) is 18.2 Å². The normalized spacial score (nSPS) is 10.5. The Morgan fingerprint density at radius 1 is 1.46 bits per heavy atom. The van der Waals surface area contributed by atoms with Crippen LogP contribution in [0.1, 0.15) is 10.6 Å². The Morgan fingerprint density at radius 2 is 2.23 bits per heavy atom. The minimum absolute atomic E-state index is 0.0277. The molecule has 0 radical (unpaired) electrons. The minimum Gasteiger partial charge on any atom is -0.451 e. The molecule has 2 aromatic rings. The van der Waals surface area contributed by atoms with Gasteiger partial charge in [-0.05, 0) is 12.1 Å². The molecular formula is C9H6FNO2. The van der Waals surface area contributed by atoms with Crippen LogP contribution in [0.2, 0.25) is 0 Å². The maximum Gasteiger partial charge on any atom is 0.284 e. The van der Waals surface area contributed by atoms with Crippen LogP contribution in [0, 0.1) is 5.82 Å². The summed E-state index contributed by atoms with van der Waals surface area (Å²) in [5, 5.41) is 0.274. The number of rotatable bonds is 1. The summed E-state index contributed by atoms with van der Waals surface area (Å²) >= 11 is 0. The van der Waals surface area contributed by atoms with Crippen molar-refractivity contribution in [1.29, 1.82) is 0 Å². The molecule has 0 saturated heterocycles. The molecule has 0 atom stereocenters. The first-order valence-electron chi connectivity index (χ1n) is 3.66. The first-order valence-corrected chi connectivity index (χ1v) is 3.66. The molecule has 2 rings (SSSR count). The van der Waals surface area contributed by atoms with Crippen molar-refractivity contribution in [2.24, 2.45) is 5.73 Å². The number of furan rings is 1. The molecule has 0 unspecified atom stereocenters. The quantitative estimate of drug-likeness (QED) is 0.723. The topological polar surface area (TPSA) is 56.2 Å². The molecule has 0 saturated carbocycles. The fourth-order valence-electron chi connectivity index (χ4n) is 1.15. The van der Waals surface area contributed by atoms with Crippen LogP contribution >= 0.6 is 0 Å². The summed E-state index contributed by atoms with van der Waals surface area (Å²) in [6.45, 7) is 0. The van der Waals surface area contributed by atoms with Gasteiger partial charge in [-0.3, -0.25) is 4.79 Å². The van der Waals surface area contributed by atoms with Gasteiger partial charge < -0.3 is 10.2 Å². The van der Waals surface area contributed by atoms with E-state index in [2.05, 4.69) is 0 Å². The molecule has 66 valence electrons. The van der Waals surface area contributed by atoms with Gasteiger partial charge in [0, 0.05) is 6.07 Å². The lowest BCUT2D eigenvalue weighted by Gasteiger charge is -1.87. The largest absolute Gasteiger partial charge is 0.451 e. The highest BCUT2D eigenvalue weighted by Gasteiger charge is 2.10. The van der Waals surface area contributed by atoms with Gasteiger partial charge >= 0.3 is 0 Å². The molecule has 1 heterocycles. The van der Waals surface area contributed by atoms with Gasteiger partial charge in [0.25, 0.3) is 5.91 Å². The van der Waals surface area contributed by atoms with Crippen LogP contribution in [-0.2, 0) is 0 Å². The number of hydrogen-bond donors (Lipinski definition) is 1. The summed E-state index contributed by atoms with van der Waals surface area (Å²) in [5.74, 6) is -1.15. The molecular weight excluding hydrogens is 173 g/mol. The van der Waals surface area contributed by atoms with Crippen LogP contribution in [0.4, 0.5) is 4.39 Å². The molecule has 4 heteroatoms. The Hall–Kier alpha value is -1.84. The second-order valence-corrected chi connectivity index (χ2v) is 2.63. The summed E-state index contributed by atoms with van der Waals surface area (Å²) in [4.78, 5) is 10.7. The van der Waals surface area contributed by atoms with Gasteiger partial charge in [-0.1, -0.05) is 6.07 Å². The van der Waals surface area contributed by atoms with Crippen molar-refractivity contribution < 1.29 is 13.6 Å². The van der Waals surface area contributed by atoms with Gasteiger partial charge in [-0.25, -0.2) is 4.39 Å². The summed E-state index contributed by atoms with van der Waals surface area (Å²) in [6.07, 6.45) is 0. The first-order chi connectivity index (χ1) is 6.18. The average molecular weight is 179 g/mol. The highest BCUT2D eigenvalue weighted by molar-refractivity contribution is 5.95. The van der Waals surface area contributed by atoms with E-state index in [-0.39, 0.29) is 11.1 Å². The lowest BCUT2D eigenvalue weighted by Crippen LogP contribution is -2.08. The summed E-state index contributed by atoms with van der Waals surface area (Å²) in [5.41, 5.74) is 5.30. The number of fused-ring (bicyclic) bond motifs is 1. The average Bonchev–Trinajstić information content (AvgIpc) is 2.49. The summed E-state index contributed by atoms with van der Waals surface area (Å²) in [6, 6.07) is 5.67. The van der Waals surface area contributed by atoms with E-state index in [0.717, 1.165) is 0 Å². The predicted octanol–water partition coefficient (Wildman–Crippen LogP) is 1.67. The van der Waals surface area contributed by atoms with Gasteiger partial charge in [0.2, 0.25) is 0 Å². The third kappa shape index (κ3) is 1.16. The van der Waals surface area contributed by atoms with Crippen LogP contribution in [0.3, 0.4) is 0 Å². The van der Waals surface area contributed by atoms with Crippen molar-refractivity contribution in [1.82, 2.24) is 0 Å². The minimum atomic E-state index is -0.699. The van der Waals surface area contributed by atoms with Crippen LogP contribution in [0.15, 0.2) is 28.7 Å². The molecule has 2 N–H and O–H groups in total. The molecule has 1 aromatic heterocycles. The Balaban J connectivity index is 2.75. The van der Waals surface area contributed by atoms with Crippen molar-refractivity contribution in [2.75, 3.05) is 0 Å². The molecule has 0 bridgehead atoms. The zero-order valence-corrected chi connectivity index (χ0v) is 6.58. The van der Waals surface area contributed by atoms with E-state index >= 15 is 0 Å². The Labute approximate surface area is 72.9 Å². The van der Waals surface area contributed by atoms with Crippen molar-refractivity contribution in [2.45, 2.75) is 0 Å². The number of carbonyl (C=O) groups is 1. The second kappa shape index (κ2) is 2.58. The Bertz CT molecular complexity index is 475. The van der Waals surface area contributed by atoms with Gasteiger partial charge in [-0.15, -0.1) is 0 Å². The van der Waals surface area contributed by atoms with E-state index in [9.17, 15) is 9.18 Å². The van der Waals surface area contributed by atoms with Gasteiger partial charge in [0.15, 0.2) is 5.76 Å². The SMILES string of the molecule is NC(=O)c1cc2c(F)cccc2o1. The lowest BCUT2D eigenvalue weighted by atomic mass is 10.2. The molecule has 0 aliphatic rings. The maximum absolute atomic E-state index is 13.1. The molecule has 0 aliphatic heterocycles. The maximum atomic E-state index is 13.1. The van der Waals surface area contributed by atoms with Crippen molar-refractivity contribution >= 4 is 16.9 Å². The number of halogens is 1. The predicted molar refractivity (Wildman–Crippen MR) is 44.7 cm³/mol. The number of nitrogens with two attached hydrogens (primary N) is 1. The van der Waals surface area contributed by atoms with Crippen molar-refractivity contribution in [3.63, 3.8) is 0 Å². The molecule has 0 aliphatic carbocycles. The van der Waals surface area contributed by atoms with Crippen molar-refractivity contribution in [3.05, 3.63) is 35.8 Å². The van der Waals surface area contributed by atoms with Crippen LogP contribution in [0.25, 0.3) is 11.0 Å². The van der Waals surface area contributed by atoms with E-state index in [0.29, 0.717) is 5.58 Å². The Kier molecular flexibility index (Phi) is 1.55. The van der Waals surface area contributed by atoms with E-state index in [1.54, 1.807) is 6.07 Å². The number of amides is 1. The first kappa shape index (κ1) is 7.79. The third-order valence-corrected chi connectivity index (χ3v) is 1.75. The lowest BCUT2D eigenvalue weighted by molar-refractivity contribution is 0.0976. The molecule has 0 spiro atoms. The van der Waals surface area contributed by atoms with E-state index in [1.807, 2.05) is 0 Å². The number of primary amides is 1. The highest BCUT2D eigenvalue weighted by Crippen LogP contribution is 2.21. The second-order valence-electron chi connectivity index (χ2n) is 2.63.